The van der Waals surface area contributed by atoms with Gasteiger partial charge < -0.3 is 20.1 Å². The first-order chi connectivity index (χ1) is 17.0. The molecular formula is C25H29N5O4S. The van der Waals surface area contributed by atoms with Crippen molar-refractivity contribution in [2.24, 2.45) is 0 Å². The van der Waals surface area contributed by atoms with Crippen molar-refractivity contribution in [2.75, 3.05) is 44.7 Å². The Hall–Kier alpha value is -3.34. The van der Waals surface area contributed by atoms with Crippen LogP contribution in [0.1, 0.15) is 36.3 Å². The lowest BCUT2D eigenvalue weighted by atomic mass is 10.1. The molecule has 0 atom stereocenters. The molecule has 10 heteroatoms. The molecule has 0 bridgehead atoms. The lowest BCUT2D eigenvalue weighted by Crippen LogP contribution is -2.41. The minimum atomic E-state index is -0.358. The van der Waals surface area contributed by atoms with Gasteiger partial charge in [0.1, 0.15) is 12.4 Å². The van der Waals surface area contributed by atoms with Crippen LogP contribution in [-0.2, 0) is 11.3 Å². The number of carbonyl (C=O) groups excluding carboxylic acids is 2. The van der Waals surface area contributed by atoms with Gasteiger partial charge in [0, 0.05) is 37.4 Å². The number of nitrogens with zero attached hydrogens (tertiary/aromatic N) is 3. The smallest absolute Gasteiger partial charge is 0.286 e. The number of anilines is 1. The second kappa shape index (κ2) is 11.9. The fraction of sp³-hybridized carbons (Fsp3) is 0.360. The van der Waals surface area contributed by atoms with E-state index >= 15 is 0 Å². The second-order valence-electron chi connectivity index (χ2n) is 8.35. The van der Waals surface area contributed by atoms with Crippen molar-refractivity contribution >= 4 is 28.8 Å². The minimum absolute atomic E-state index is 0.145. The lowest BCUT2D eigenvalue weighted by molar-refractivity contribution is 0.0383. The molecule has 9 nitrogen and oxygen atoms in total. The van der Waals surface area contributed by atoms with Crippen LogP contribution >= 0.6 is 11.3 Å². The summed E-state index contributed by atoms with van der Waals surface area (Å²) in [6.07, 6.45) is 0. The predicted octanol–water partition coefficient (Wildman–Crippen LogP) is 3.05. The molecule has 0 unspecified atom stereocenters. The fourth-order valence-electron chi connectivity index (χ4n) is 3.71. The van der Waals surface area contributed by atoms with E-state index in [9.17, 15) is 9.59 Å². The summed E-state index contributed by atoms with van der Waals surface area (Å²) in [5.41, 5.74) is 3.34. The van der Waals surface area contributed by atoms with E-state index in [-0.39, 0.29) is 23.4 Å². The van der Waals surface area contributed by atoms with Crippen LogP contribution in [0.2, 0.25) is 0 Å². The number of benzene rings is 2. The molecule has 2 amide bonds. The average molecular weight is 496 g/mol. The summed E-state index contributed by atoms with van der Waals surface area (Å²) in [7, 11) is 0. The van der Waals surface area contributed by atoms with Crippen LogP contribution in [0.4, 0.5) is 5.69 Å². The topological polar surface area (TPSA) is 106 Å². The summed E-state index contributed by atoms with van der Waals surface area (Å²) in [6.45, 7) is 8.88. The third kappa shape index (κ3) is 7.32. The number of morpholine rings is 1. The van der Waals surface area contributed by atoms with Crippen molar-refractivity contribution in [3.8, 4) is 5.75 Å². The Morgan fingerprint density at radius 1 is 1.03 bits per heavy atom. The quantitative estimate of drug-likeness (QED) is 0.470. The van der Waals surface area contributed by atoms with Gasteiger partial charge in [0.25, 0.3) is 11.8 Å². The van der Waals surface area contributed by atoms with Crippen LogP contribution in [0, 0.1) is 13.8 Å². The van der Waals surface area contributed by atoms with Crippen LogP contribution in [0.3, 0.4) is 0 Å². The van der Waals surface area contributed by atoms with Crippen molar-refractivity contribution in [2.45, 2.75) is 20.5 Å². The number of carbonyl (C=O) groups is 2. The number of hydrogen-bond donors (Lipinski definition) is 2. The zero-order valence-electron chi connectivity index (χ0n) is 19.9. The zero-order chi connectivity index (χ0) is 24.6. The molecule has 0 saturated carbocycles. The Labute approximate surface area is 208 Å². The molecule has 1 aliphatic rings. The Kier molecular flexibility index (Phi) is 8.40. The van der Waals surface area contributed by atoms with Gasteiger partial charge >= 0.3 is 0 Å². The van der Waals surface area contributed by atoms with E-state index in [1.807, 2.05) is 26.0 Å². The normalized spacial score (nSPS) is 13.9. The highest BCUT2D eigenvalue weighted by Crippen LogP contribution is 2.19. The van der Waals surface area contributed by atoms with Crippen LogP contribution < -0.4 is 15.4 Å². The lowest BCUT2D eigenvalue weighted by Gasteiger charge is -2.26. The van der Waals surface area contributed by atoms with E-state index in [2.05, 4.69) is 31.8 Å². The molecule has 0 spiro atoms. The molecule has 4 rings (SSSR count). The number of nitrogens with one attached hydrogen (secondary N) is 2. The van der Waals surface area contributed by atoms with E-state index in [0.717, 1.165) is 49.7 Å². The van der Waals surface area contributed by atoms with Crippen LogP contribution in [0.25, 0.3) is 0 Å². The molecule has 184 valence electrons. The van der Waals surface area contributed by atoms with Gasteiger partial charge in [-0.25, -0.2) is 0 Å². The van der Waals surface area contributed by atoms with Crippen molar-refractivity contribution in [3.63, 3.8) is 0 Å². The maximum Gasteiger partial charge on any atom is 0.286 e. The summed E-state index contributed by atoms with van der Waals surface area (Å²) in [5, 5.41) is 14.6. The third-order valence-corrected chi connectivity index (χ3v) is 6.34. The van der Waals surface area contributed by atoms with Crippen molar-refractivity contribution in [1.29, 1.82) is 0 Å². The molecule has 2 aromatic carbocycles. The van der Waals surface area contributed by atoms with Crippen molar-refractivity contribution in [3.05, 3.63) is 69.2 Å². The molecule has 2 N–H and O–H groups in total. The predicted molar refractivity (Wildman–Crippen MR) is 134 cm³/mol. The molecule has 1 aliphatic heterocycles. The zero-order valence-corrected chi connectivity index (χ0v) is 20.7. The molecular weight excluding hydrogens is 466 g/mol. The number of hydrogen-bond acceptors (Lipinski definition) is 8. The summed E-state index contributed by atoms with van der Waals surface area (Å²) < 4.78 is 11.1. The third-order valence-electron chi connectivity index (χ3n) is 5.44. The number of aryl methyl sites for hydroxylation is 2. The maximum absolute atomic E-state index is 12.6. The first kappa shape index (κ1) is 24.8. The monoisotopic (exact) mass is 495 g/mol. The standard InChI is InChI=1S/C25H29N5O4S/c1-17-13-18(2)15-21(14-17)34-16-22-28-29-25(35-22)24(32)27-20-5-3-19(4-6-20)23(31)26-7-8-30-9-11-33-12-10-30/h3-6,13-15H,7-12,16H2,1-2H3,(H,26,31)(H,27,32). The summed E-state index contributed by atoms with van der Waals surface area (Å²) in [5.74, 6) is 0.255. The number of ether oxygens (including phenoxy) is 2. The van der Waals surface area contributed by atoms with Gasteiger partial charge in [-0.1, -0.05) is 17.4 Å². The Balaban J connectivity index is 1.24. The largest absolute Gasteiger partial charge is 0.486 e. The van der Waals surface area contributed by atoms with Gasteiger partial charge in [0.15, 0.2) is 5.01 Å². The van der Waals surface area contributed by atoms with Gasteiger partial charge in [-0.15, -0.1) is 10.2 Å². The van der Waals surface area contributed by atoms with Crippen LogP contribution in [0.5, 0.6) is 5.75 Å². The van der Waals surface area contributed by atoms with Gasteiger partial charge in [0.2, 0.25) is 5.01 Å². The number of aromatic nitrogens is 2. The number of rotatable bonds is 9. The summed E-state index contributed by atoms with van der Waals surface area (Å²) in [4.78, 5) is 27.2. The highest BCUT2D eigenvalue weighted by atomic mass is 32.1. The van der Waals surface area contributed by atoms with E-state index < -0.39 is 0 Å². The van der Waals surface area contributed by atoms with E-state index in [1.165, 1.54) is 11.3 Å². The molecule has 1 fully saturated rings. The highest BCUT2D eigenvalue weighted by molar-refractivity contribution is 7.13. The molecule has 0 radical (unpaired) electrons. The SMILES string of the molecule is Cc1cc(C)cc(OCc2nnc(C(=O)Nc3ccc(C(=O)NCCN4CCOCC4)cc3)s2)c1. The Morgan fingerprint density at radius 3 is 2.46 bits per heavy atom. The first-order valence-electron chi connectivity index (χ1n) is 11.5. The van der Waals surface area contributed by atoms with Gasteiger partial charge in [0.05, 0.1) is 13.2 Å². The molecule has 1 saturated heterocycles. The summed E-state index contributed by atoms with van der Waals surface area (Å²) >= 11 is 1.18. The highest BCUT2D eigenvalue weighted by Gasteiger charge is 2.15. The Morgan fingerprint density at radius 2 is 1.74 bits per heavy atom. The maximum atomic E-state index is 12.6. The molecule has 35 heavy (non-hydrogen) atoms. The fourth-order valence-corrected chi connectivity index (χ4v) is 4.36. The van der Waals surface area contributed by atoms with E-state index in [4.69, 9.17) is 9.47 Å². The van der Waals surface area contributed by atoms with E-state index in [1.54, 1.807) is 24.3 Å². The van der Waals surface area contributed by atoms with Crippen molar-refractivity contribution in [1.82, 2.24) is 20.4 Å². The second-order valence-corrected chi connectivity index (χ2v) is 9.42. The molecule has 2 heterocycles. The van der Waals surface area contributed by atoms with Crippen LogP contribution in [0.15, 0.2) is 42.5 Å². The minimum Gasteiger partial charge on any atom is -0.486 e. The van der Waals surface area contributed by atoms with Gasteiger partial charge in [-0.05, 0) is 61.4 Å². The molecule has 0 aliphatic carbocycles. The van der Waals surface area contributed by atoms with Crippen LogP contribution in [-0.4, -0.2) is 66.3 Å². The van der Waals surface area contributed by atoms with E-state index in [0.29, 0.717) is 22.8 Å². The average Bonchev–Trinajstić information content (AvgIpc) is 3.33. The molecule has 1 aromatic heterocycles. The van der Waals surface area contributed by atoms with Gasteiger partial charge in [-0.2, -0.15) is 0 Å². The van der Waals surface area contributed by atoms with Gasteiger partial charge in [-0.3, -0.25) is 14.5 Å². The van der Waals surface area contributed by atoms with Crippen molar-refractivity contribution < 1.29 is 19.1 Å². The summed E-state index contributed by atoms with van der Waals surface area (Å²) in [6, 6.07) is 12.7. The molecule has 3 aromatic rings. The Bertz CT molecular complexity index is 1140. The number of amides is 2. The first-order valence-corrected chi connectivity index (χ1v) is 12.3.